The van der Waals surface area contributed by atoms with Crippen molar-refractivity contribution < 1.29 is 18.0 Å². The van der Waals surface area contributed by atoms with E-state index in [4.69, 9.17) is 0 Å². The second kappa shape index (κ2) is 4.96. The van der Waals surface area contributed by atoms with E-state index in [1.807, 2.05) is 6.92 Å². The summed E-state index contributed by atoms with van der Waals surface area (Å²) >= 11 is 0. The standard InChI is InChI=1S/C10H11F3N2O/c1-2-3-9(16)15-8-5-4-7(6-14-8)10(11,12)13/h4-6H,2-3H2,1H3,(H,14,15,16). The van der Waals surface area contributed by atoms with Gasteiger partial charge in [0.15, 0.2) is 0 Å². The molecule has 16 heavy (non-hydrogen) atoms. The van der Waals surface area contributed by atoms with Crippen LogP contribution in [0, 0.1) is 0 Å². The van der Waals surface area contributed by atoms with E-state index in [0.29, 0.717) is 19.0 Å². The average Bonchev–Trinajstić information content (AvgIpc) is 2.17. The SMILES string of the molecule is CCCC(=O)Nc1ccc(C(F)(F)F)cn1. The first-order valence-corrected chi connectivity index (χ1v) is 4.76. The van der Waals surface area contributed by atoms with Crippen molar-refractivity contribution in [3.63, 3.8) is 0 Å². The lowest BCUT2D eigenvalue weighted by molar-refractivity contribution is -0.137. The van der Waals surface area contributed by atoms with Gasteiger partial charge in [-0.15, -0.1) is 0 Å². The highest BCUT2D eigenvalue weighted by atomic mass is 19.4. The van der Waals surface area contributed by atoms with Crippen LogP contribution in [0.15, 0.2) is 18.3 Å². The summed E-state index contributed by atoms with van der Waals surface area (Å²) in [5.74, 6) is -0.124. The normalized spacial score (nSPS) is 11.2. The molecule has 88 valence electrons. The summed E-state index contributed by atoms with van der Waals surface area (Å²) in [6, 6.07) is 2.02. The van der Waals surface area contributed by atoms with E-state index in [1.165, 1.54) is 0 Å². The predicted molar refractivity (Wildman–Crippen MR) is 52.8 cm³/mol. The van der Waals surface area contributed by atoms with E-state index in [0.717, 1.165) is 12.1 Å². The minimum atomic E-state index is -4.40. The number of carbonyl (C=O) groups is 1. The van der Waals surface area contributed by atoms with Crippen LogP contribution in [0.2, 0.25) is 0 Å². The lowest BCUT2D eigenvalue weighted by Crippen LogP contribution is -2.12. The highest BCUT2D eigenvalue weighted by molar-refractivity contribution is 5.89. The molecule has 1 N–H and O–H groups in total. The molecule has 1 aromatic rings. The quantitative estimate of drug-likeness (QED) is 0.870. The van der Waals surface area contributed by atoms with E-state index >= 15 is 0 Å². The second-order valence-electron chi connectivity index (χ2n) is 3.23. The Hall–Kier alpha value is -1.59. The average molecular weight is 232 g/mol. The number of nitrogens with one attached hydrogen (secondary N) is 1. The molecule has 0 aliphatic carbocycles. The molecule has 0 fully saturated rings. The fourth-order valence-electron chi connectivity index (χ4n) is 1.07. The molecule has 0 aliphatic heterocycles. The minimum Gasteiger partial charge on any atom is -0.311 e. The maximum Gasteiger partial charge on any atom is 0.417 e. The Labute approximate surface area is 90.7 Å². The highest BCUT2D eigenvalue weighted by Gasteiger charge is 2.30. The van der Waals surface area contributed by atoms with Gasteiger partial charge >= 0.3 is 6.18 Å². The zero-order chi connectivity index (χ0) is 12.2. The Morgan fingerprint density at radius 3 is 2.56 bits per heavy atom. The molecule has 0 saturated carbocycles. The molecule has 0 atom stereocenters. The number of hydrogen-bond acceptors (Lipinski definition) is 2. The first-order valence-electron chi connectivity index (χ1n) is 4.76. The van der Waals surface area contributed by atoms with Crippen molar-refractivity contribution in [2.75, 3.05) is 5.32 Å². The lowest BCUT2D eigenvalue weighted by atomic mass is 10.2. The van der Waals surface area contributed by atoms with Gasteiger partial charge in [-0.05, 0) is 18.6 Å². The van der Waals surface area contributed by atoms with E-state index in [2.05, 4.69) is 10.3 Å². The fourth-order valence-corrected chi connectivity index (χ4v) is 1.07. The Morgan fingerprint density at radius 1 is 1.44 bits per heavy atom. The van der Waals surface area contributed by atoms with Crippen molar-refractivity contribution in [1.82, 2.24) is 4.98 Å². The molecule has 0 saturated heterocycles. The van der Waals surface area contributed by atoms with E-state index in [-0.39, 0.29) is 11.7 Å². The third kappa shape index (κ3) is 3.52. The van der Waals surface area contributed by atoms with Crippen LogP contribution in [0.25, 0.3) is 0 Å². The molecule has 0 radical (unpaired) electrons. The van der Waals surface area contributed by atoms with Gasteiger partial charge in [-0.2, -0.15) is 13.2 Å². The third-order valence-electron chi connectivity index (χ3n) is 1.84. The van der Waals surface area contributed by atoms with Gasteiger partial charge in [-0.3, -0.25) is 4.79 Å². The zero-order valence-electron chi connectivity index (χ0n) is 8.64. The van der Waals surface area contributed by atoms with Gasteiger partial charge < -0.3 is 5.32 Å². The number of alkyl halides is 3. The largest absolute Gasteiger partial charge is 0.417 e. The van der Waals surface area contributed by atoms with E-state index < -0.39 is 11.7 Å². The Balaban J connectivity index is 2.69. The predicted octanol–water partition coefficient (Wildman–Crippen LogP) is 2.84. The number of hydrogen-bond donors (Lipinski definition) is 1. The molecule has 0 unspecified atom stereocenters. The van der Waals surface area contributed by atoms with Gasteiger partial charge in [0.05, 0.1) is 5.56 Å². The number of rotatable bonds is 3. The van der Waals surface area contributed by atoms with Crippen molar-refractivity contribution in [3.8, 4) is 0 Å². The lowest BCUT2D eigenvalue weighted by Gasteiger charge is -2.07. The summed E-state index contributed by atoms with van der Waals surface area (Å²) in [5, 5.41) is 2.40. The van der Waals surface area contributed by atoms with Crippen molar-refractivity contribution in [1.29, 1.82) is 0 Å². The monoisotopic (exact) mass is 232 g/mol. The maximum atomic E-state index is 12.2. The van der Waals surface area contributed by atoms with Crippen LogP contribution >= 0.6 is 0 Å². The van der Waals surface area contributed by atoms with Gasteiger partial charge in [0.1, 0.15) is 5.82 Å². The molecule has 3 nitrogen and oxygen atoms in total. The number of carbonyl (C=O) groups excluding carboxylic acids is 1. The molecule has 0 aromatic carbocycles. The van der Waals surface area contributed by atoms with Gasteiger partial charge in [0, 0.05) is 12.6 Å². The van der Waals surface area contributed by atoms with Crippen LogP contribution in [0.4, 0.5) is 19.0 Å². The van der Waals surface area contributed by atoms with Crippen LogP contribution in [0.5, 0.6) is 0 Å². The summed E-state index contributed by atoms with van der Waals surface area (Å²) in [6.07, 6.45) is -2.71. The highest BCUT2D eigenvalue weighted by Crippen LogP contribution is 2.28. The smallest absolute Gasteiger partial charge is 0.311 e. The van der Waals surface area contributed by atoms with Crippen molar-refractivity contribution in [2.45, 2.75) is 25.9 Å². The Kier molecular flexibility index (Phi) is 3.87. The first kappa shape index (κ1) is 12.5. The topological polar surface area (TPSA) is 42.0 Å². The molecule has 0 bridgehead atoms. The summed E-state index contributed by atoms with van der Waals surface area (Å²) < 4.78 is 36.5. The maximum absolute atomic E-state index is 12.2. The van der Waals surface area contributed by atoms with Crippen molar-refractivity contribution >= 4 is 11.7 Å². The second-order valence-corrected chi connectivity index (χ2v) is 3.23. The molecule has 1 aromatic heterocycles. The number of nitrogens with zero attached hydrogens (tertiary/aromatic N) is 1. The zero-order valence-corrected chi connectivity index (χ0v) is 8.64. The van der Waals surface area contributed by atoms with Gasteiger partial charge in [-0.1, -0.05) is 6.92 Å². The summed E-state index contributed by atoms with van der Waals surface area (Å²) in [7, 11) is 0. The molecule has 1 rings (SSSR count). The summed E-state index contributed by atoms with van der Waals surface area (Å²) in [6.45, 7) is 1.83. The Morgan fingerprint density at radius 2 is 2.12 bits per heavy atom. The van der Waals surface area contributed by atoms with Crippen molar-refractivity contribution in [2.24, 2.45) is 0 Å². The summed E-state index contributed by atoms with van der Waals surface area (Å²) in [5.41, 5.74) is -0.832. The third-order valence-corrected chi connectivity index (χ3v) is 1.84. The minimum absolute atomic E-state index is 0.131. The number of amides is 1. The number of aromatic nitrogens is 1. The molecular weight excluding hydrogens is 221 g/mol. The van der Waals surface area contributed by atoms with E-state index in [9.17, 15) is 18.0 Å². The molecule has 0 spiro atoms. The Bertz CT molecular complexity index is 359. The molecular formula is C10H11F3N2O. The van der Waals surface area contributed by atoms with Gasteiger partial charge in [0.25, 0.3) is 0 Å². The molecule has 1 amide bonds. The number of halogens is 3. The molecule has 0 aliphatic rings. The van der Waals surface area contributed by atoms with Gasteiger partial charge in [-0.25, -0.2) is 4.98 Å². The van der Waals surface area contributed by atoms with E-state index in [1.54, 1.807) is 0 Å². The van der Waals surface area contributed by atoms with Crippen LogP contribution in [0.3, 0.4) is 0 Å². The van der Waals surface area contributed by atoms with Crippen LogP contribution in [-0.2, 0) is 11.0 Å². The van der Waals surface area contributed by atoms with Crippen LogP contribution < -0.4 is 5.32 Å². The number of anilines is 1. The fraction of sp³-hybridized carbons (Fsp3) is 0.400. The molecule has 1 heterocycles. The summed E-state index contributed by atoms with van der Waals surface area (Å²) in [4.78, 5) is 14.6. The van der Waals surface area contributed by atoms with Crippen molar-refractivity contribution in [3.05, 3.63) is 23.9 Å². The van der Waals surface area contributed by atoms with Crippen LogP contribution in [-0.4, -0.2) is 10.9 Å². The molecule has 6 heteroatoms. The number of pyridine rings is 1. The van der Waals surface area contributed by atoms with Crippen LogP contribution in [0.1, 0.15) is 25.3 Å². The van der Waals surface area contributed by atoms with Gasteiger partial charge in [0.2, 0.25) is 5.91 Å². The first-order chi connectivity index (χ1) is 7.43.